The molecule has 4 heterocycles. The minimum absolute atomic E-state index is 0.0423. The third kappa shape index (κ3) is 2.90. The van der Waals surface area contributed by atoms with Crippen LogP contribution in [0.1, 0.15) is 23.3 Å². The Morgan fingerprint density at radius 2 is 2.21 bits per heavy atom. The lowest BCUT2D eigenvalue weighted by Gasteiger charge is -2.31. The number of nitrogens with one attached hydrogen (secondary N) is 1. The molecule has 0 atom stereocenters. The van der Waals surface area contributed by atoms with Crippen LogP contribution in [0.25, 0.3) is 5.82 Å². The van der Waals surface area contributed by atoms with Crippen LogP contribution in [0.4, 0.5) is 0 Å². The summed E-state index contributed by atoms with van der Waals surface area (Å²) in [5.74, 6) is 1.00. The quantitative estimate of drug-likeness (QED) is 0.729. The zero-order valence-corrected chi connectivity index (χ0v) is 13.0. The summed E-state index contributed by atoms with van der Waals surface area (Å²) in [5.41, 5.74) is 0.450. The van der Waals surface area contributed by atoms with E-state index in [1.165, 1.54) is 11.0 Å². The first-order valence-electron chi connectivity index (χ1n) is 7.85. The molecule has 0 unspecified atom stereocenters. The molecule has 0 bridgehead atoms. The molecule has 0 aliphatic carbocycles. The molecule has 0 spiro atoms. The average molecular weight is 327 g/mol. The Morgan fingerprint density at radius 3 is 2.92 bits per heavy atom. The van der Waals surface area contributed by atoms with Crippen molar-refractivity contribution in [2.75, 3.05) is 13.1 Å². The number of piperidine rings is 1. The third-order valence-corrected chi connectivity index (χ3v) is 4.28. The topological polar surface area (TPSA) is 110 Å². The number of tetrazole rings is 1. The van der Waals surface area contributed by atoms with Gasteiger partial charge in [-0.1, -0.05) is 0 Å². The van der Waals surface area contributed by atoms with Crippen LogP contribution in [0.5, 0.6) is 0 Å². The molecule has 1 saturated heterocycles. The lowest BCUT2D eigenvalue weighted by atomic mass is 9.96. The molecule has 4 rings (SSSR count). The van der Waals surface area contributed by atoms with Crippen molar-refractivity contribution in [3.63, 3.8) is 0 Å². The van der Waals surface area contributed by atoms with Gasteiger partial charge in [0.1, 0.15) is 12.0 Å². The van der Waals surface area contributed by atoms with Crippen molar-refractivity contribution in [1.29, 1.82) is 0 Å². The number of carbonyl (C=O) groups excluding carboxylic acids is 1. The van der Waals surface area contributed by atoms with Gasteiger partial charge in [-0.2, -0.15) is 14.9 Å². The van der Waals surface area contributed by atoms with Crippen molar-refractivity contribution in [2.45, 2.75) is 19.4 Å². The Kier molecular flexibility index (Phi) is 3.77. The summed E-state index contributed by atoms with van der Waals surface area (Å²) in [7, 11) is 0. The van der Waals surface area contributed by atoms with Gasteiger partial charge >= 0.3 is 0 Å². The van der Waals surface area contributed by atoms with Gasteiger partial charge in [0.2, 0.25) is 0 Å². The van der Waals surface area contributed by atoms with E-state index in [2.05, 4.69) is 30.8 Å². The third-order valence-electron chi connectivity index (χ3n) is 4.28. The maximum atomic E-state index is 12.6. The first-order chi connectivity index (χ1) is 11.8. The summed E-state index contributed by atoms with van der Waals surface area (Å²) in [6, 6.07) is 3.59. The Hall–Kier alpha value is -3.04. The van der Waals surface area contributed by atoms with E-state index in [4.69, 9.17) is 0 Å². The van der Waals surface area contributed by atoms with Crippen LogP contribution in [0.2, 0.25) is 0 Å². The van der Waals surface area contributed by atoms with Crippen LogP contribution < -0.4 is 0 Å². The highest BCUT2D eigenvalue weighted by atomic mass is 16.2. The number of H-pyrrole nitrogens is 1. The van der Waals surface area contributed by atoms with Gasteiger partial charge in [0.25, 0.3) is 5.91 Å². The number of hydrogen-bond donors (Lipinski definition) is 1. The number of rotatable bonds is 4. The molecule has 0 saturated carbocycles. The number of carbonyl (C=O) groups is 1. The monoisotopic (exact) mass is 327 g/mol. The molecule has 1 aliphatic rings. The van der Waals surface area contributed by atoms with E-state index in [0.717, 1.165) is 32.5 Å². The first kappa shape index (κ1) is 14.5. The molecule has 0 radical (unpaired) electrons. The molecule has 24 heavy (non-hydrogen) atoms. The van der Waals surface area contributed by atoms with Gasteiger partial charge in [0.05, 0.1) is 0 Å². The van der Waals surface area contributed by atoms with E-state index in [1.807, 2.05) is 21.8 Å². The predicted molar refractivity (Wildman–Crippen MR) is 82.2 cm³/mol. The van der Waals surface area contributed by atoms with Crippen LogP contribution in [-0.4, -0.2) is 64.1 Å². The summed E-state index contributed by atoms with van der Waals surface area (Å²) in [6.45, 7) is 2.39. The second-order valence-electron chi connectivity index (χ2n) is 5.86. The number of aromatic nitrogens is 8. The Morgan fingerprint density at radius 1 is 1.33 bits per heavy atom. The van der Waals surface area contributed by atoms with Crippen LogP contribution in [0, 0.1) is 5.92 Å². The number of nitrogens with zero attached hydrogens (tertiary/aromatic N) is 8. The van der Waals surface area contributed by atoms with Gasteiger partial charge in [-0.15, -0.1) is 5.10 Å². The predicted octanol–water partition coefficient (Wildman–Crippen LogP) is 0.134. The van der Waals surface area contributed by atoms with E-state index < -0.39 is 0 Å². The van der Waals surface area contributed by atoms with Crippen LogP contribution >= 0.6 is 0 Å². The van der Waals surface area contributed by atoms with Gasteiger partial charge in [0.15, 0.2) is 5.82 Å². The number of amides is 1. The highest BCUT2D eigenvalue weighted by molar-refractivity contribution is 5.92. The van der Waals surface area contributed by atoms with E-state index in [1.54, 1.807) is 12.3 Å². The highest BCUT2D eigenvalue weighted by Gasteiger charge is 2.25. The highest BCUT2D eigenvalue weighted by Crippen LogP contribution is 2.20. The van der Waals surface area contributed by atoms with Crippen molar-refractivity contribution in [1.82, 2.24) is 45.1 Å². The number of likely N-dealkylation sites (tertiary alicyclic amines) is 1. The van der Waals surface area contributed by atoms with E-state index >= 15 is 0 Å². The van der Waals surface area contributed by atoms with E-state index in [-0.39, 0.29) is 5.91 Å². The van der Waals surface area contributed by atoms with E-state index in [0.29, 0.717) is 17.4 Å². The van der Waals surface area contributed by atoms with Gasteiger partial charge in [0, 0.05) is 38.1 Å². The number of hydrogen-bond acceptors (Lipinski definition) is 6. The number of aromatic amines is 1. The Balaban J connectivity index is 1.36. The maximum absolute atomic E-state index is 12.6. The molecule has 3 aromatic rings. The largest absolute Gasteiger partial charge is 0.337 e. The molecular weight excluding hydrogens is 310 g/mol. The van der Waals surface area contributed by atoms with Crippen molar-refractivity contribution >= 4 is 5.91 Å². The van der Waals surface area contributed by atoms with Crippen LogP contribution in [-0.2, 0) is 6.54 Å². The Labute approximate surface area is 137 Å². The summed E-state index contributed by atoms with van der Waals surface area (Å²) < 4.78 is 3.36. The minimum atomic E-state index is -0.0423. The summed E-state index contributed by atoms with van der Waals surface area (Å²) in [4.78, 5) is 14.4. The zero-order chi connectivity index (χ0) is 16.4. The van der Waals surface area contributed by atoms with Crippen molar-refractivity contribution in [3.8, 4) is 5.82 Å². The molecule has 1 aliphatic heterocycles. The molecular formula is C14H17N9O. The lowest BCUT2D eigenvalue weighted by molar-refractivity contribution is 0.0675. The SMILES string of the molecule is O=C(c1cc(-n2cnnn2)n[nH]1)N1CCC(Cn2cccn2)CC1. The summed E-state index contributed by atoms with van der Waals surface area (Å²) in [5, 5.41) is 22.0. The second kappa shape index (κ2) is 6.22. The minimum Gasteiger partial charge on any atom is -0.337 e. The van der Waals surface area contributed by atoms with Crippen molar-refractivity contribution in [2.24, 2.45) is 5.92 Å². The second-order valence-corrected chi connectivity index (χ2v) is 5.86. The summed E-state index contributed by atoms with van der Waals surface area (Å²) in [6.07, 6.45) is 7.15. The lowest BCUT2D eigenvalue weighted by Crippen LogP contribution is -2.39. The zero-order valence-electron chi connectivity index (χ0n) is 13.0. The van der Waals surface area contributed by atoms with Gasteiger partial charge in [-0.3, -0.25) is 14.6 Å². The average Bonchev–Trinajstić information content (AvgIpc) is 3.36. The fraction of sp³-hybridized carbons (Fsp3) is 0.429. The van der Waals surface area contributed by atoms with Gasteiger partial charge in [-0.25, -0.2) is 0 Å². The molecule has 1 amide bonds. The Bertz CT molecular complexity index is 784. The molecule has 124 valence electrons. The summed E-state index contributed by atoms with van der Waals surface area (Å²) >= 11 is 0. The van der Waals surface area contributed by atoms with E-state index in [9.17, 15) is 4.79 Å². The van der Waals surface area contributed by atoms with Crippen molar-refractivity contribution in [3.05, 3.63) is 36.5 Å². The standard InChI is InChI=1S/C14H17N9O/c24-14(12-8-13(18-17-12)23-10-15-19-20-23)21-6-2-11(3-7-21)9-22-5-1-4-16-22/h1,4-5,8,10-11H,2-3,6-7,9H2,(H,17,18). The molecule has 10 nitrogen and oxygen atoms in total. The molecule has 1 fully saturated rings. The molecule has 10 heteroatoms. The molecule has 3 aromatic heterocycles. The normalized spacial score (nSPS) is 15.8. The maximum Gasteiger partial charge on any atom is 0.271 e. The van der Waals surface area contributed by atoms with Crippen molar-refractivity contribution < 1.29 is 4.79 Å². The smallest absolute Gasteiger partial charge is 0.271 e. The fourth-order valence-electron chi connectivity index (χ4n) is 2.97. The first-order valence-corrected chi connectivity index (χ1v) is 7.85. The van der Waals surface area contributed by atoms with Crippen LogP contribution in [0.3, 0.4) is 0 Å². The molecule has 0 aromatic carbocycles. The van der Waals surface area contributed by atoms with Crippen LogP contribution in [0.15, 0.2) is 30.9 Å². The molecule has 1 N–H and O–H groups in total. The van der Waals surface area contributed by atoms with Gasteiger partial charge < -0.3 is 4.90 Å². The van der Waals surface area contributed by atoms with Gasteiger partial charge in [-0.05, 0) is 35.3 Å². The fourth-order valence-corrected chi connectivity index (χ4v) is 2.97.